The first-order chi connectivity index (χ1) is 9.02. The molecule has 1 saturated heterocycles. The molecule has 19 heavy (non-hydrogen) atoms. The molecule has 0 spiro atoms. The van der Waals surface area contributed by atoms with Gasteiger partial charge in [-0.3, -0.25) is 0 Å². The van der Waals surface area contributed by atoms with Crippen LogP contribution < -0.4 is 10.2 Å². The van der Waals surface area contributed by atoms with E-state index in [1.165, 1.54) is 6.42 Å². The van der Waals surface area contributed by atoms with Crippen LogP contribution in [0, 0.1) is 5.92 Å². The second-order valence-corrected chi connectivity index (χ2v) is 5.86. The molecule has 0 amide bonds. The third kappa shape index (κ3) is 3.03. The molecule has 1 aromatic carbocycles. The number of benzene rings is 1. The van der Waals surface area contributed by atoms with Crippen LogP contribution in [0.1, 0.15) is 45.7 Å². The lowest BCUT2D eigenvalue weighted by atomic mass is 10.1. The van der Waals surface area contributed by atoms with E-state index in [-0.39, 0.29) is 6.04 Å². The molecule has 2 N–H and O–H groups in total. The fraction of sp³-hybridized carbons (Fsp3) is 0.625. The van der Waals surface area contributed by atoms with Crippen molar-refractivity contribution in [3.8, 4) is 5.75 Å². The summed E-state index contributed by atoms with van der Waals surface area (Å²) in [6, 6.07) is 6.85. The number of hydrogen-bond acceptors (Lipinski definition) is 3. The smallest absolute Gasteiger partial charge is 0.122 e. The van der Waals surface area contributed by atoms with Gasteiger partial charge in [0, 0.05) is 35.9 Å². The Balaban J connectivity index is 2.19. The molecule has 1 aromatic rings. The van der Waals surface area contributed by atoms with Gasteiger partial charge in [0.05, 0.1) is 0 Å². The zero-order valence-corrected chi connectivity index (χ0v) is 12.5. The van der Waals surface area contributed by atoms with E-state index >= 15 is 0 Å². The van der Waals surface area contributed by atoms with Gasteiger partial charge >= 0.3 is 0 Å². The molecular formula is C16H26N2O. The average molecular weight is 262 g/mol. The van der Waals surface area contributed by atoms with Gasteiger partial charge in [-0.15, -0.1) is 0 Å². The number of aromatic hydroxyl groups is 1. The van der Waals surface area contributed by atoms with Crippen LogP contribution in [0.5, 0.6) is 5.75 Å². The Morgan fingerprint density at radius 2 is 2.16 bits per heavy atom. The van der Waals surface area contributed by atoms with Gasteiger partial charge in [0.15, 0.2) is 0 Å². The maximum Gasteiger partial charge on any atom is 0.122 e. The summed E-state index contributed by atoms with van der Waals surface area (Å²) in [7, 11) is 0. The van der Waals surface area contributed by atoms with Crippen LogP contribution in [0.2, 0.25) is 0 Å². The number of rotatable bonds is 4. The maximum atomic E-state index is 10.2. The maximum absolute atomic E-state index is 10.2. The summed E-state index contributed by atoms with van der Waals surface area (Å²) in [5, 5.41) is 13.6. The van der Waals surface area contributed by atoms with Crippen LogP contribution in [0.15, 0.2) is 18.2 Å². The van der Waals surface area contributed by atoms with Gasteiger partial charge in [-0.25, -0.2) is 0 Å². The Kier molecular flexibility index (Phi) is 4.35. The van der Waals surface area contributed by atoms with Crippen molar-refractivity contribution in [3.63, 3.8) is 0 Å². The fourth-order valence-electron chi connectivity index (χ4n) is 3.15. The van der Waals surface area contributed by atoms with Crippen LogP contribution in [0.4, 0.5) is 5.69 Å². The molecule has 3 atom stereocenters. The first kappa shape index (κ1) is 14.2. The number of nitrogens with zero attached hydrogens (tertiary/aromatic N) is 1. The van der Waals surface area contributed by atoms with Crippen molar-refractivity contribution in [2.24, 2.45) is 5.92 Å². The van der Waals surface area contributed by atoms with Crippen molar-refractivity contribution in [2.75, 3.05) is 18.0 Å². The molecule has 3 unspecified atom stereocenters. The average Bonchev–Trinajstić information content (AvgIpc) is 2.68. The van der Waals surface area contributed by atoms with E-state index in [1.807, 2.05) is 12.1 Å². The van der Waals surface area contributed by atoms with Crippen LogP contribution in [-0.2, 0) is 0 Å². The first-order valence-corrected chi connectivity index (χ1v) is 7.35. The van der Waals surface area contributed by atoms with Crippen molar-refractivity contribution in [3.05, 3.63) is 23.8 Å². The monoisotopic (exact) mass is 262 g/mol. The normalized spacial score (nSPS) is 24.7. The Bertz CT molecular complexity index is 433. The second kappa shape index (κ2) is 5.83. The van der Waals surface area contributed by atoms with E-state index in [1.54, 1.807) is 0 Å². The number of nitrogens with one attached hydrogen (secondary N) is 1. The number of hydrogen-bond donors (Lipinski definition) is 2. The van der Waals surface area contributed by atoms with Gasteiger partial charge in [0.1, 0.15) is 5.75 Å². The topological polar surface area (TPSA) is 35.5 Å². The summed E-state index contributed by atoms with van der Waals surface area (Å²) in [6.45, 7) is 10.7. The molecule has 3 heteroatoms. The molecular weight excluding hydrogens is 236 g/mol. The van der Waals surface area contributed by atoms with Gasteiger partial charge in [-0.1, -0.05) is 19.9 Å². The quantitative estimate of drug-likeness (QED) is 0.874. The minimum atomic E-state index is 0.189. The third-order valence-electron chi connectivity index (χ3n) is 4.11. The van der Waals surface area contributed by atoms with Gasteiger partial charge < -0.3 is 15.3 Å². The van der Waals surface area contributed by atoms with E-state index in [9.17, 15) is 5.11 Å². The summed E-state index contributed by atoms with van der Waals surface area (Å²) in [5.41, 5.74) is 2.12. The highest BCUT2D eigenvalue weighted by molar-refractivity contribution is 5.55. The highest BCUT2D eigenvalue weighted by atomic mass is 16.3. The fourth-order valence-corrected chi connectivity index (χ4v) is 3.15. The summed E-state index contributed by atoms with van der Waals surface area (Å²) < 4.78 is 0. The van der Waals surface area contributed by atoms with Crippen molar-refractivity contribution in [1.82, 2.24) is 5.32 Å². The predicted molar refractivity (Wildman–Crippen MR) is 80.8 cm³/mol. The molecule has 1 aliphatic rings. The lowest BCUT2D eigenvalue weighted by molar-refractivity contribution is 0.454. The molecule has 106 valence electrons. The second-order valence-electron chi connectivity index (χ2n) is 5.86. The summed E-state index contributed by atoms with van der Waals surface area (Å²) in [5.74, 6) is 1.13. The van der Waals surface area contributed by atoms with E-state index < -0.39 is 0 Å². The minimum Gasteiger partial charge on any atom is -0.508 e. The van der Waals surface area contributed by atoms with Crippen LogP contribution in [0.3, 0.4) is 0 Å². The SMILES string of the molecule is CCNC(C)c1ccc(N2CC(C)CC2C)cc1O. The highest BCUT2D eigenvalue weighted by Gasteiger charge is 2.26. The number of phenols is 1. The Labute approximate surface area is 116 Å². The Hall–Kier alpha value is -1.22. The predicted octanol–water partition coefficient (Wildman–Crippen LogP) is 3.30. The zero-order valence-electron chi connectivity index (χ0n) is 12.5. The van der Waals surface area contributed by atoms with Crippen LogP contribution in [-0.4, -0.2) is 24.2 Å². The van der Waals surface area contributed by atoms with Crippen LogP contribution in [0.25, 0.3) is 0 Å². The molecule has 0 bridgehead atoms. The molecule has 2 rings (SSSR count). The summed E-state index contributed by atoms with van der Waals surface area (Å²) in [4.78, 5) is 2.39. The van der Waals surface area contributed by atoms with Crippen molar-refractivity contribution < 1.29 is 5.11 Å². The van der Waals surface area contributed by atoms with Gasteiger partial charge in [-0.2, -0.15) is 0 Å². The summed E-state index contributed by atoms with van der Waals surface area (Å²) in [6.07, 6.45) is 1.23. The van der Waals surface area contributed by atoms with Gasteiger partial charge in [0.25, 0.3) is 0 Å². The van der Waals surface area contributed by atoms with Gasteiger partial charge in [0.2, 0.25) is 0 Å². The largest absolute Gasteiger partial charge is 0.508 e. The molecule has 0 aliphatic carbocycles. The molecule has 3 nitrogen and oxygen atoms in total. The van der Waals surface area contributed by atoms with Crippen molar-refractivity contribution >= 4 is 5.69 Å². The molecule has 0 radical (unpaired) electrons. The standard InChI is InChI=1S/C16H26N2O/c1-5-17-13(4)15-7-6-14(9-16(15)19)18-10-11(2)8-12(18)3/h6-7,9,11-13,17,19H,5,8,10H2,1-4H3. The Morgan fingerprint density at radius 3 is 2.68 bits per heavy atom. The van der Waals surface area contributed by atoms with Crippen molar-refractivity contribution in [1.29, 1.82) is 0 Å². The molecule has 0 aromatic heterocycles. The zero-order chi connectivity index (χ0) is 14.0. The van der Waals surface area contributed by atoms with E-state index in [0.29, 0.717) is 11.8 Å². The van der Waals surface area contributed by atoms with E-state index in [4.69, 9.17) is 0 Å². The number of phenolic OH excluding ortho intramolecular Hbond substituents is 1. The van der Waals surface area contributed by atoms with Crippen molar-refractivity contribution in [2.45, 2.75) is 46.2 Å². The molecule has 1 heterocycles. The van der Waals surface area contributed by atoms with Crippen LogP contribution >= 0.6 is 0 Å². The molecule has 1 fully saturated rings. The lowest BCUT2D eigenvalue weighted by Gasteiger charge is -2.25. The number of anilines is 1. The highest BCUT2D eigenvalue weighted by Crippen LogP contribution is 2.33. The summed E-state index contributed by atoms with van der Waals surface area (Å²) >= 11 is 0. The minimum absolute atomic E-state index is 0.189. The van der Waals surface area contributed by atoms with Gasteiger partial charge in [-0.05, 0) is 38.8 Å². The molecule has 0 saturated carbocycles. The van der Waals surface area contributed by atoms with E-state index in [2.05, 4.69) is 44.0 Å². The first-order valence-electron chi connectivity index (χ1n) is 7.35. The lowest BCUT2D eigenvalue weighted by Crippen LogP contribution is -2.26. The Morgan fingerprint density at radius 1 is 1.42 bits per heavy atom. The third-order valence-corrected chi connectivity index (χ3v) is 4.11. The molecule has 1 aliphatic heterocycles. The van der Waals surface area contributed by atoms with E-state index in [0.717, 1.165) is 30.3 Å².